The summed E-state index contributed by atoms with van der Waals surface area (Å²) < 4.78 is 6.03. The van der Waals surface area contributed by atoms with Crippen LogP contribution in [0.4, 0.5) is 0 Å². The van der Waals surface area contributed by atoms with Crippen LogP contribution < -0.4 is 5.32 Å². The molecule has 1 N–H and O–H groups in total. The summed E-state index contributed by atoms with van der Waals surface area (Å²) in [6.45, 7) is 5.09. The van der Waals surface area contributed by atoms with E-state index in [4.69, 9.17) is 4.42 Å². The highest BCUT2D eigenvalue weighted by molar-refractivity contribution is 5.80. The number of likely N-dealkylation sites (N-methyl/N-ethyl adjacent to an activating group) is 1. The highest BCUT2D eigenvalue weighted by Crippen LogP contribution is 2.29. The number of aryl methyl sites for hydroxylation is 2. The first-order valence-electron chi connectivity index (χ1n) is 7.29. The lowest BCUT2D eigenvalue weighted by atomic mass is 10.0. The van der Waals surface area contributed by atoms with E-state index in [1.807, 2.05) is 13.1 Å². The average molecular weight is 280 g/mol. The molecule has 0 atom stereocenters. The minimum atomic E-state index is 0.713. The molecular weight excluding hydrogens is 260 g/mol. The fourth-order valence-corrected chi connectivity index (χ4v) is 2.70. The van der Waals surface area contributed by atoms with Crippen molar-refractivity contribution in [1.82, 2.24) is 10.3 Å². The maximum Gasteiger partial charge on any atom is 0.227 e. The second-order valence-corrected chi connectivity index (χ2v) is 5.46. The van der Waals surface area contributed by atoms with Gasteiger partial charge in [0, 0.05) is 5.56 Å². The Morgan fingerprint density at radius 1 is 1.14 bits per heavy atom. The number of benzene rings is 2. The van der Waals surface area contributed by atoms with Crippen molar-refractivity contribution in [3.8, 4) is 11.5 Å². The Hall–Kier alpha value is -2.13. The van der Waals surface area contributed by atoms with Crippen LogP contribution in [0.1, 0.15) is 16.7 Å². The SMILES string of the molecule is CNCCc1ccccc1-c1nc2cc(C)cc(C)c2o1. The molecule has 3 aromatic rings. The third-order valence-corrected chi connectivity index (χ3v) is 3.71. The van der Waals surface area contributed by atoms with Gasteiger partial charge in [0.15, 0.2) is 5.58 Å². The third-order valence-electron chi connectivity index (χ3n) is 3.71. The molecule has 0 unspecified atom stereocenters. The predicted molar refractivity (Wildman–Crippen MR) is 86.5 cm³/mol. The van der Waals surface area contributed by atoms with Crippen molar-refractivity contribution in [2.24, 2.45) is 0 Å². The van der Waals surface area contributed by atoms with Gasteiger partial charge in [0.05, 0.1) is 0 Å². The molecule has 1 heterocycles. The number of aromatic nitrogens is 1. The summed E-state index contributed by atoms with van der Waals surface area (Å²) in [6, 6.07) is 12.5. The van der Waals surface area contributed by atoms with Gasteiger partial charge in [0.1, 0.15) is 5.52 Å². The van der Waals surface area contributed by atoms with Gasteiger partial charge in [-0.1, -0.05) is 24.3 Å². The summed E-state index contributed by atoms with van der Waals surface area (Å²) >= 11 is 0. The van der Waals surface area contributed by atoms with Crippen LogP contribution in [0.25, 0.3) is 22.6 Å². The standard InChI is InChI=1S/C18H20N2O/c1-12-10-13(2)17-16(11-12)20-18(21-17)15-7-5-4-6-14(15)8-9-19-3/h4-7,10-11,19H,8-9H2,1-3H3. The van der Waals surface area contributed by atoms with E-state index in [1.165, 1.54) is 11.1 Å². The number of hydrogen-bond donors (Lipinski definition) is 1. The second-order valence-electron chi connectivity index (χ2n) is 5.46. The van der Waals surface area contributed by atoms with Gasteiger partial charge < -0.3 is 9.73 Å². The van der Waals surface area contributed by atoms with E-state index in [-0.39, 0.29) is 0 Å². The fourth-order valence-electron chi connectivity index (χ4n) is 2.70. The van der Waals surface area contributed by atoms with Crippen LogP contribution >= 0.6 is 0 Å². The van der Waals surface area contributed by atoms with Gasteiger partial charge >= 0.3 is 0 Å². The Morgan fingerprint density at radius 3 is 2.76 bits per heavy atom. The molecule has 0 fully saturated rings. The number of rotatable bonds is 4. The molecule has 0 aliphatic carbocycles. The Kier molecular flexibility index (Phi) is 3.76. The minimum absolute atomic E-state index is 0.713. The molecule has 21 heavy (non-hydrogen) atoms. The van der Waals surface area contributed by atoms with E-state index in [9.17, 15) is 0 Å². The normalized spacial score (nSPS) is 11.2. The number of hydrogen-bond acceptors (Lipinski definition) is 3. The number of fused-ring (bicyclic) bond motifs is 1. The summed E-state index contributed by atoms with van der Waals surface area (Å²) in [5, 5.41) is 3.19. The van der Waals surface area contributed by atoms with E-state index in [0.717, 1.165) is 35.2 Å². The number of oxazole rings is 1. The predicted octanol–water partition coefficient (Wildman–Crippen LogP) is 3.87. The van der Waals surface area contributed by atoms with Crippen LogP contribution in [0.2, 0.25) is 0 Å². The van der Waals surface area contributed by atoms with E-state index in [2.05, 4.69) is 54.5 Å². The highest BCUT2D eigenvalue weighted by Gasteiger charge is 2.13. The van der Waals surface area contributed by atoms with Gasteiger partial charge in [-0.15, -0.1) is 0 Å². The lowest BCUT2D eigenvalue weighted by Crippen LogP contribution is -2.10. The zero-order chi connectivity index (χ0) is 14.8. The monoisotopic (exact) mass is 280 g/mol. The Bertz CT molecular complexity index is 774. The van der Waals surface area contributed by atoms with Gasteiger partial charge in [-0.3, -0.25) is 0 Å². The van der Waals surface area contributed by atoms with Gasteiger partial charge in [-0.05, 0) is 62.7 Å². The fraction of sp³-hybridized carbons (Fsp3) is 0.278. The molecule has 0 saturated heterocycles. The summed E-state index contributed by atoms with van der Waals surface area (Å²) in [7, 11) is 1.97. The van der Waals surface area contributed by atoms with Crippen LogP contribution in [0.5, 0.6) is 0 Å². The van der Waals surface area contributed by atoms with Gasteiger partial charge in [-0.25, -0.2) is 4.98 Å². The van der Waals surface area contributed by atoms with Gasteiger partial charge in [0.25, 0.3) is 0 Å². The first-order valence-corrected chi connectivity index (χ1v) is 7.29. The molecule has 2 aromatic carbocycles. The van der Waals surface area contributed by atoms with Crippen molar-refractivity contribution in [2.45, 2.75) is 20.3 Å². The van der Waals surface area contributed by atoms with Gasteiger partial charge in [0.2, 0.25) is 5.89 Å². The topological polar surface area (TPSA) is 38.1 Å². The van der Waals surface area contributed by atoms with Crippen molar-refractivity contribution >= 4 is 11.1 Å². The highest BCUT2D eigenvalue weighted by atomic mass is 16.3. The van der Waals surface area contributed by atoms with Crippen LogP contribution in [0.3, 0.4) is 0 Å². The van der Waals surface area contributed by atoms with Crippen LogP contribution in [0, 0.1) is 13.8 Å². The molecule has 108 valence electrons. The maximum absolute atomic E-state index is 6.03. The lowest BCUT2D eigenvalue weighted by molar-refractivity contribution is 0.616. The summed E-state index contributed by atoms with van der Waals surface area (Å²) in [4.78, 5) is 4.69. The van der Waals surface area contributed by atoms with Crippen LogP contribution in [-0.2, 0) is 6.42 Å². The molecule has 3 rings (SSSR count). The van der Waals surface area contributed by atoms with Crippen molar-refractivity contribution in [3.05, 3.63) is 53.1 Å². The summed E-state index contributed by atoms with van der Waals surface area (Å²) in [5.41, 5.74) is 6.51. The molecule has 0 aliphatic heterocycles. The Labute approximate surface area is 125 Å². The van der Waals surface area contributed by atoms with Crippen molar-refractivity contribution in [1.29, 1.82) is 0 Å². The third kappa shape index (κ3) is 2.69. The number of nitrogens with one attached hydrogen (secondary N) is 1. The lowest BCUT2D eigenvalue weighted by Gasteiger charge is -2.05. The van der Waals surface area contributed by atoms with E-state index in [0.29, 0.717) is 5.89 Å². The first-order chi connectivity index (χ1) is 10.2. The largest absolute Gasteiger partial charge is 0.436 e. The summed E-state index contributed by atoms with van der Waals surface area (Å²) in [6.07, 6.45) is 0.962. The van der Waals surface area contributed by atoms with E-state index in [1.54, 1.807) is 0 Å². The van der Waals surface area contributed by atoms with E-state index >= 15 is 0 Å². The maximum atomic E-state index is 6.03. The molecule has 0 aliphatic rings. The average Bonchev–Trinajstić information content (AvgIpc) is 2.89. The van der Waals surface area contributed by atoms with Crippen LogP contribution in [0.15, 0.2) is 40.8 Å². The Balaban J connectivity index is 2.10. The van der Waals surface area contributed by atoms with Crippen LogP contribution in [-0.4, -0.2) is 18.6 Å². The quantitative estimate of drug-likeness (QED) is 0.788. The molecule has 0 radical (unpaired) electrons. The smallest absolute Gasteiger partial charge is 0.227 e. The summed E-state index contributed by atoms with van der Waals surface area (Å²) in [5.74, 6) is 0.713. The second kappa shape index (κ2) is 5.70. The van der Waals surface area contributed by atoms with Crippen molar-refractivity contribution in [3.63, 3.8) is 0 Å². The molecule has 0 amide bonds. The molecule has 0 spiro atoms. The molecule has 1 aromatic heterocycles. The molecule has 3 heteroatoms. The van der Waals surface area contributed by atoms with Crippen molar-refractivity contribution in [2.75, 3.05) is 13.6 Å². The van der Waals surface area contributed by atoms with Crippen molar-refractivity contribution < 1.29 is 4.42 Å². The zero-order valence-electron chi connectivity index (χ0n) is 12.7. The molecule has 0 saturated carbocycles. The molecule has 3 nitrogen and oxygen atoms in total. The zero-order valence-corrected chi connectivity index (χ0v) is 12.7. The minimum Gasteiger partial charge on any atom is -0.436 e. The Morgan fingerprint density at radius 2 is 1.95 bits per heavy atom. The molecular formula is C18H20N2O. The number of nitrogens with zero attached hydrogens (tertiary/aromatic N) is 1. The van der Waals surface area contributed by atoms with E-state index < -0.39 is 0 Å². The van der Waals surface area contributed by atoms with Gasteiger partial charge in [-0.2, -0.15) is 0 Å². The first kappa shape index (κ1) is 13.8. The molecule has 0 bridgehead atoms.